The number of carbonyl (C=O) groups is 1. The summed E-state index contributed by atoms with van der Waals surface area (Å²) in [5.74, 6) is -2.80. The van der Waals surface area contributed by atoms with E-state index in [1.807, 2.05) is 0 Å². The van der Waals surface area contributed by atoms with Gasteiger partial charge in [0.2, 0.25) is 0 Å². The molecule has 0 saturated carbocycles. The van der Waals surface area contributed by atoms with Crippen LogP contribution in [0.5, 0.6) is 0 Å². The molecule has 0 aliphatic heterocycles. The number of nitrogens with one attached hydrogen (secondary N) is 2. The molecule has 0 rings (SSSR count). The van der Waals surface area contributed by atoms with E-state index in [1.165, 1.54) is 0 Å². The first-order chi connectivity index (χ1) is 5.11. The molecule has 0 fully saturated rings. The number of halogens is 2. The summed E-state index contributed by atoms with van der Waals surface area (Å²) in [4.78, 5) is 10.2. The van der Waals surface area contributed by atoms with E-state index in [2.05, 4.69) is 0 Å². The van der Waals surface area contributed by atoms with Gasteiger partial charge >= 0.3 is 0 Å². The van der Waals surface area contributed by atoms with Gasteiger partial charge in [0.1, 0.15) is 5.82 Å². The Labute approximate surface area is 61.6 Å². The maximum atomic E-state index is 12.2. The predicted molar refractivity (Wildman–Crippen MR) is 35.2 cm³/mol. The number of hydrogen-bond donors (Lipinski definition) is 3. The summed E-state index contributed by atoms with van der Waals surface area (Å²) >= 11 is 0. The third-order valence-corrected chi connectivity index (χ3v) is 0.779. The van der Waals surface area contributed by atoms with Gasteiger partial charge in [0, 0.05) is 0 Å². The first-order valence-electron chi connectivity index (χ1n) is 2.63. The van der Waals surface area contributed by atoms with Crippen LogP contribution in [0.4, 0.5) is 8.78 Å². The van der Waals surface area contributed by atoms with Crippen LogP contribution in [0.3, 0.4) is 0 Å². The van der Waals surface area contributed by atoms with Crippen molar-refractivity contribution in [2.45, 2.75) is 0 Å². The zero-order chi connectivity index (χ0) is 8.85. The standard InChI is InChI=1S/C5H7F2N3O/c6-1-4(11)10-5(9)3(7)2-8/h2,8H,1,9H2,(H,10,11)/b5-3-,8-2?. The molecule has 0 aromatic rings. The van der Waals surface area contributed by atoms with Crippen LogP contribution in [0.1, 0.15) is 0 Å². The largest absolute Gasteiger partial charge is 0.383 e. The van der Waals surface area contributed by atoms with Crippen molar-refractivity contribution in [3.8, 4) is 0 Å². The summed E-state index contributed by atoms with van der Waals surface area (Å²) in [6, 6.07) is 0. The second-order valence-electron chi connectivity index (χ2n) is 1.59. The molecular formula is C5H7F2N3O. The topological polar surface area (TPSA) is 79.0 Å². The van der Waals surface area contributed by atoms with Gasteiger partial charge < -0.3 is 16.5 Å². The van der Waals surface area contributed by atoms with Gasteiger partial charge in [-0.2, -0.15) is 0 Å². The van der Waals surface area contributed by atoms with E-state index in [1.54, 1.807) is 5.32 Å². The van der Waals surface area contributed by atoms with Crippen LogP contribution < -0.4 is 11.1 Å². The van der Waals surface area contributed by atoms with E-state index in [9.17, 15) is 13.6 Å². The highest BCUT2D eigenvalue weighted by Gasteiger charge is 2.03. The highest BCUT2D eigenvalue weighted by atomic mass is 19.1. The lowest BCUT2D eigenvalue weighted by atomic mass is 10.5. The average molecular weight is 163 g/mol. The Hall–Kier alpha value is -1.46. The van der Waals surface area contributed by atoms with E-state index in [0.29, 0.717) is 6.21 Å². The molecular weight excluding hydrogens is 156 g/mol. The number of carbonyl (C=O) groups excluding carboxylic acids is 1. The zero-order valence-electron chi connectivity index (χ0n) is 5.53. The van der Waals surface area contributed by atoms with Gasteiger partial charge in [-0.3, -0.25) is 4.79 Å². The Morgan fingerprint density at radius 1 is 1.73 bits per heavy atom. The summed E-state index contributed by atoms with van der Waals surface area (Å²) in [6.07, 6.45) is 0.313. The number of hydrogen-bond acceptors (Lipinski definition) is 3. The van der Waals surface area contributed by atoms with Crippen molar-refractivity contribution in [2.24, 2.45) is 5.73 Å². The zero-order valence-corrected chi connectivity index (χ0v) is 5.53. The first kappa shape index (κ1) is 9.54. The van der Waals surface area contributed by atoms with Crippen molar-refractivity contribution in [3.05, 3.63) is 11.6 Å². The lowest BCUT2D eigenvalue weighted by Crippen LogP contribution is -2.29. The average Bonchev–Trinajstić information content (AvgIpc) is 2.02. The second kappa shape index (κ2) is 4.37. The highest BCUT2D eigenvalue weighted by molar-refractivity contribution is 5.81. The third-order valence-electron chi connectivity index (χ3n) is 0.779. The smallest absolute Gasteiger partial charge is 0.256 e. The van der Waals surface area contributed by atoms with Gasteiger partial charge in [0.25, 0.3) is 5.91 Å². The molecule has 0 saturated heterocycles. The van der Waals surface area contributed by atoms with Crippen molar-refractivity contribution >= 4 is 12.1 Å². The van der Waals surface area contributed by atoms with Crippen LogP contribution in [0, 0.1) is 5.41 Å². The van der Waals surface area contributed by atoms with Gasteiger partial charge in [-0.15, -0.1) is 0 Å². The van der Waals surface area contributed by atoms with E-state index in [4.69, 9.17) is 11.1 Å². The van der Waals surface area contributed by atoms with Crippen LogP contribution in [0.25, 0.3) is 0 Å². The fraction of sp³-hybridized carbons (Fsp3) is 0.200. The minimum absolute atomic E-state index is 0.313. The molecule has 6 heteroatoms. The fourth-order valence-corrected chi connectivity index (χ4v) is 0.321. The SMILES string of the molecule is N=C/C(F)=C(\N)NC(=O)CF. The maximum absolute atomic E-state index is 12.2. The van der Waals surface area contributed by atoms with Crippen LogP contribution >= 0.6 is 0 Å². The van der Waals surface area contributed by atoms with E-state index < -0.39 is 24.2 Å². The van der Waals surface area contributed by atoms with Gasteiger partial charge in [-0.05, 0) is 0 Å². The number of amides is 1. The molecule has 0 aliphatic carbocycles. The molecule has 0 aromatic carbocycles. The number of alkyl halides is 1. The van der Waals surface area contributed by atoms with Crippen LogP contribution in [-0.4, -0.2) is 18.8 Å². The summed E-state index contributed by atoms with van der Waals surface area (Å²) in [5.41, 5.74) is 4.86. The molecule has 0 aromatic heterocycles. The molecule has 62 valence electrons. The van der Waals surface area contributed by atoms with Crippen LogP contribution in [0.15, 0.2) is 11.6 Å². The molecule has 11 heavy (non-hydrogen) atoms. The Bertz CT molecular complexity index is 202. The monoisotopic (exact) mass is 163 g/mol. The Balaban J connectivity index is 4.16. The summed E-state index contributed by atoms with van der Waals surface area (Å²) in [6.45, 7) is -1.27. The van der Waals surface area contributed by atoms with Gasteiger partial charge in [-0.25, -0.2) is 8.78 Å². The minimum Gasteiger partial charge on any atom is -0.383 e. The van der Waals surface area contributed by atoms with E-state index >= 15 is 0 Å². The van der Waals surface area contributed by atoms with Crippen LogP contribution in [-0.2, 0) is 4.79 Å². The Morgan fingerprint density at radius 3 is 2.64 bits per heavy atom. The molecule has 1 amide bonds. The van der Waals surface area contributed by atoms with Crippen molar-refractivity contribution < 1.29 is 13.6 Å². The summed E-state index contributed by atoms with van der Waals surface area (Å²) < 4.78 is 23.6. The first-order valence-corrected chi connectivity index (χ1v) is 2.63. The van der Waals surface area contributed by atoms with Gasteiger partial charge in [0.05, 0.1) is 6.21 Å². The molecule has 0 unspecified atom stereocenters. The maximum Gasteiger partial charge on any atom is 0.256 e. The molecule has 0 spiro atoms. The Kier molecular flexibility index (Phi) is 3.79. The normalized spacial score (nSPS) is 11.8. The van der Waals surface area contributed by atoms with Crippen molar-refractivity contribution in [1.29, 1.82) is 5.41 Å². The van der Waals surface area contributed by atoms with Gasteiger partial charge in [0.15, 0.2) is 12.5 Å². The third kappa shape index (κ3) is 3.29. The van der Waals surface area contributed by atoms with Crippen molar-refractivity contribution in [3.63, 3.8) is 0 Å². The van der Waals surface area contributed by atoms with E-state index in [0.717, 1.165) is 0 Å². The predicted octanol–water partition coefficient (Wildman–Crippen LogP) is -0.181. The number of allylic oxidation sites excluding steroid dienone is 1. The number of rotatable bonds is 3. The molecule has 0 atom stereocenters. The number of nitrogens with two attached hydrogens (primary N) is 1. The van der Waals surface area contributed by atoms with E-state index in [-0.39, 0.29) is 0 Å². The van der Waals surface area contributed by atoms with Crippen LogP contribution in [0.2, 0.25) is 0 Å². The summed E-state index contributed by atoms with van der Waals surface area (Å²) in [5, 5.41) is 8.05. The Morgan fingerprint density at radius 2 is 2.27 bits per heavy atom. The van der Waals surface area contributed by atoms with Gasteiger partial charge in [-0.1, -0.05) is 0 Å². The molecule has 0 radical (unpaired) electrons. The molecule has 0 heterocycles. The second-order valence-corrected chi connectivity index (χ2v) is 1.59. The lowest BCUT2D eigenvalue weighted by molar-refractivity contribution is -0.121. The fourth-order valence-electron chi connectivity index (χ4n) is 0.321. The lowest BCUT2D eigenvalue weighted by Gasteiger charge is -2.00. The quantitative estimate of drug-likeness (QED) is 0.504. The molecule has 4 nitrogen and oxygen atoms in total. The van der Waals surface area contributed by atoms with Crippen molar-refractivity contribution in [2.75, 3.05) is 6.67 Å². The molecule has 4 N–H and O–H groups in total. The minimum atomic E-state index is -1.27. The highest BCUT2D eigenvalue weighted by Crippen LogP contribution is 1.92. The summed E-state index contributed by atoms with van der Waals surface area (Å²) in [7, 11) is 0. The molecule has 0 aliphatic rings. The molecule has 0 bridgehead atoms. The van der Waals surface area contributed by atoms with Crippen molar-refractivity contribution in [1.82, 2.24) is 5.32 Å².